The smallest absolute Gasteiger partial charge is 0.137 e. The predicted octanol–water partition coefficient (Wildman–Crippen LogP) is 3.45. The Hall–Kier alpha value is -1.53. The Bertz CT molecular complexity index is 486. The zero-order valence-corrected chi connectivity index (χ0v) is 12.6. The molecule has 1 aromatic rings. The Kier molecular flexibility index (Phi) is 4.77. The van der Waals surface area contributed by atoms with Crippen LogP contribution in [0.2, 0.25) is 0 Å². The van der Waals surface area contributed by atoms with Gasteiger partial charge in [-0.15, -0.1) is 0 Å². The van der Waals surface area contributed by atoms with E-state index >= 15 is 0 Å². The van der Waals surface area contributed by atoms with Gasteiger partial charge in [0.1, 0.15) is 11.8 Å². The van der Waals surface area contributed by atoms with Crippen LogP contribution in [0.5, 0.6) is 5.75 Å². The molecule has 2 saturated carbocycles. The lowest BCUT2D eigenvalue weighted by molar-refractivity contribution is 0.220. The molecule has 0 N–H and O–H groups in total. The van der Waals surface area contributed by atoms with Crippen molar-refractivity contribution >= 4 is 0 Å². The topological polar surface area (TPSA) is 36.3 Å². The highest BCUT2D eigenvalue weighted by molar-refractivity contribution is 5.42. The number of hydrogen-bond donors (Lipinski definition) is 0. The molecule has 3 nitrogen and oxygen atoms in total. The van der Waals surface area contributed by atoms with Crippen molar-refractivity contribution in [2.24, 2.45) is 11.8 Å². The molecule has 3 heteroatoms. The van der Waals surface area contributed by atoms with Gasteiger partial charge < -0.3 is 9.64 Å². The third-order valence-electron chi connectivity index (χ3n) is 4.31. The maximum absolute atomic E-state index is 9.04. The van der Waals surface area contributed by atoms with Crippen molar-refractivity contribution in [1.82, 2.24) is 4.90 Å². The van der Waals surface area contributed by atoms with Gasteiger partial charge in [-0.3, -0.25) is 0 Å². The Morgan fingerprint density at radius 1 is 1.10 bits per heavy atom. The molecule has 0 heterocycles. The largest absolute Gasteiger partial charge is 0.492 e. The molecule has 2 fully saturated rings. The summed E-state index contributed by atoms with van der Waals surface area (Å²) in [6, 6.07) is 9.66. The van der Waals surface area contributed by atoms with Crippen LogP contribution in [0.4, 0.5) is 0 Å². The van der Waals surface area contributed by atoms with Gasteiger partial charge in [0.05, 0.1) is 12.2 Å². The van der Waals surface area contributed by atoms with E-state index in [0.717, 1.165) is 30.6 Å². The first kappa shape index (κ1) is 14.4. The average molecular weight is 284 g/mol. The predicted molar refractivity (Wildman–Crippen MR) is 83.2 cm³/mol. The van der Waals surface area contributed by atoms with Crippen LogP contribution in [0.25, 0.3) is 0 Å². The second-order valence-corrected chi connectivity index (χ2v) is 6.46. The minimum absolute atomic E-state index is 0.630. The molecule has 0 unspecified atom stereocenters. The molecule has 0 amide bonds. The SMILES string of the molecule is N#Cc1ccccc1OCCCN(CC1CC1)CC1CC1. The van der Waals surface area contributed by atoms with Gasteiger partial charge in [-0.05, 0) is 56.1 Å². The van der Waals surface area contributed by atoms with Crippen molar-refractivity contribution in [2.45, 2.75) is 32.1 Å². The Morgan fingerprint density at radius 3 is 2.38 bits per heavy atom. The number of benzene rings is 1. The summed E-state index contributed by atoms with van der Waals surface area (Å²) >= 11 is 0. The van der Waals surface area contributed by atoms with Crippen LogP contribution in [-0.2, 0) is 0 Å². The molecule has 2 aliphatic carbocycles. The second kappa shape index (κ2) is 6.95. The normalized spacial score (nSPS) is 17.7. The second-order valence-electron chi connectivity index (χ2n) is 6.46. The molecule has 0 aliphatic heterocycles. The van der Waals surface area contributed by atoms with E-state index in [-0.39, 0.29) is 0 Å². The average Bonchev–Trinajstić information content (AvgIpc) is 3.40. The molecule has 112 valence electrons. The molecule has 21 heavy (non-hydrogen) atoms. The Labute approximate surface area is 127 Å². The summed E-state index contributed by atoms with van der Waals surface area (Å²) in [4.78, 5) is 2.63. The van der Waals surface area contributed by atoms with Gasteiger partial charge in [-0.25, -0.2) is 0 Å². The molecule has 0 atom stereocenters. The number of para-hydroxylation sites is 1. The fourth-order valence-corrected chi connectivity index (χ4v) is 2.74. The number of nitrogens with zero attached hydrogens (tertiary/aromatic N) is 2. The van der Waals surface area contributed by atoms with Crippen molar-refractivity contribution in [3.8, 4) is 11.8 Å². The van der Waals surface area contributed by atoms with Crippen LogP contribution in [0.1, 0.15) is 37.7 Å². The van der Waals surface area contributed by atoms with Gasteiger partial charge in [0.15, 0.2) is 0 Å². The molecule has 0 radical (unpaired) electrons. The lowest BCUT2D eigenvalue weighted by Gasteiger charge is -2.22. The summed E-state index contributed by atoms with van der Waals surface area (Å²) in [5.74, 6) is 2.64. The molecule has 0 spiro atoms. The van der Waals surface area contributed by atoms with Crippen molar-refractivity contribution in [2.75, 3.05) is 26.2 Å². The highest BCUT2D eigenvalue weighted by Gasteiger charge is 2.28. The van der Waals surface area contributed by atoms with Crippen LogP contribution in [-0.4, -0.2) is 31.1 Å². The third-order valence-corrected chi connectivity index (χ3v) is 4.31. The summed E-state index contributed by atoms with van der Waals surface area (Å²) in [6.07, 6.45) is 6.74. The van der Waals surface area contributed by atoms with Gasteiger partial charge in [0, 0.05) is 19.6 Å². The van der Waals surface area contributed by atoms with Gasteiger partial charge in [0.2, 0.25) is 0 Å². The van der Waals surface area contributed by atoms with Gasteiger partial charge in [-0.2, -0.15) is 5.26 Å². The summed E-state index contributed by atoms with van der Waals surface area (Å²) in [5.41, 5.74) is 0.630. The van der Waals surface area contributed by atoms with E-state index in [2.05, 4.69) is 11.0 Å². The third kappa shape index (κ3) is 4.75. The van der Waals surface area contributed by atoms with Crippen LogP contribution in [0.15, 0.2) is 24.3 Å². The number of ether oxygens (including phenoxy) is 1. The fourth-order valence-electron chi connectivity index (χ4n) is 2.74. The minimum atomic E-state index is 0.630. The number of nitriles is 1. The molecule has 1 aromatic carbocycles. The lowest BCUT2D eigenvalue weighted by atomic mass is 10.2. The van der Waals surface area contributed by atoms with Gasteiger partial charge in [-0.1, -0.05) is 12.1 Å². The molecule has 0 saturated heterocycles. The van der Waals surface area contributed by atoms with Crippen molar-refractivity contribution in [3.63, 3.8) is 0 Å². The van der Waals surface area contributed by atoms with Crippen LogP contribution < -0.4 is 4.74 Å². The van der Waals surface area contributed by atoms with Gasteiger partial charge in [0.25, 0.3) is 0 Å². The summed E-state index contributed by atoms with van der Waals surface area (Å²) < 4.78 is 5.77. The molecule has 3 rings (SSSR count). The zero-order chi connectivity index (χ0) is 14.5. The standard InChI is InChI=1S/C18H24N2O/c19-12-17-4-1-2-5-18(17)21-11-3-10-20(13-15-6-7-15)14-16-8-9-16/h1-2,4-5,15-16H,3,6-11,13-14H2. The fraction of sp³-hybridized carbons (Fsp3) is 0.611. The Balaban J connectivity index is 1.40. The summed E-state index contributed by atoms with van der Waals surface area (Å²) in [7, 11) is 0. The van der Waals surface area contributed by atoms with E-state index in [1.165, 1.54) is 38.8 Å². The molecule has 0 aromatic heterocycles. The Morgan fingerprint density at radius 2 is 1.76 bits per heavy atom. The van der Waals surface area contributed by atoms with E-state index < -0.39 is 0 Å². The van der Waals surface area contributed by atoms with Crippen LogP contribution >= 0.6 is 0 Å². The van der Waals surface area contributed by atoms with Crippen molar-refractivity contribution in [3.05, 3.63) is 29.8 Å². The van der Waals surface area contributed by atoms with Crippen molar-refractivity contribution in [1.29, 1.82) is 5.26 Å². The quantitative estimate of drug-likeness (QED) is 0.652. The zero-order valence-electron chi connectivity index (χ0n) is 12.6. The summed E-state index contributed by atoms with van der Waals surface area (Å²) in [5, 5.41) is 9.04. The maximum Gasteiger partial charge on any atom is 0.137 e. The lowest BCUT2D eigenvalue weighted by Crippen LogP contribution is -2.30. The first-order valence-corrected chi connectivity index (χ1v) is 8.19. The number of hydrogen-bond acceptors (Lipinski definition) is 3. The highest BCUT2D eigenvalue weighted by Crippen LogP contribution is 2.33. The van der Waals surface area contributed by atoms with E-state index in [1.807, 2.05) is 24.3 Å². The maximum atomic E-state index is 9.04. The minimum Gasteiger partial charge on any atom is -0.492 e. The molecular weight excluding hydrogens is 260 g/mol. The van der Waals surface area contributed by atoms with E-state index in [9.17, 15) is 0 Å². The first-order valence-electron chi connectivity index (χ1n) is 8.19. The highest BCUT2D eigenvalue weighted by atomic mass is 16.5. The summed E-state index contributed by atoms with van der Waals surface area (Å²) in [6.45, 7) is 4.39. The van der Waals surface area contributed by atoms with E-state index in [4.69, 9.17) is 10.00 Å². The number of rotatable bonds is 9. The molecule has 0 bridgehead atoms. The monoisotopic (exact) mass is 284 g/mol. The first-order chi connectivity index (χ1) is 10.3. The van der Waals surface area contributed by atoms with Gasteiger partial charge >= 0.3 is 0 Å². The van der Waals surface area contributed by atoms with Crippen LogP contribution in [0, 0.1) is 23.2 Å². The van der Waals surface area contributed by atoms with E-state index in [0.29, 0.717) is 12.2 Å². The van der Waals surface area contributed by atoms with Crippen LogP contribution in [0.3, 0.4) is 0 Å². The molecule has 2 aliphatic rings. The molecular formula is C18H24N2O. The van der Waals surface area contributed by atoms with Crippen molar-refractivity contribution < 1.29 is 4.74 Å². The van der Waals surface area contributed by atoms with E-state index in [1.54, 1.807) is 0 Å².